The molecule has 0 heterocycles. The molecule has 0 fully saturated rings. The fourth-order valence-corrected chi connectivity index (χ4v) is 1.61. The van der Waals surface area contributed by atoms with Gasteiger partial charge in [-0.25, -0.2) is 9.18 Å². The lowest BCUT2D eigenvalue weighted by atomic mass is 10.3. The molecule has 1 atom stereocenters. The van der Waals surface area contributed by atoms with E-state index in [9.17, 15) is 9.18 Å². The van der Waals surface area contributed by atoms with Crippen molar-refractivity contribution in [1.29, 1.82) is 0 Å². The van der Waals surface area contributed by atoms with Crippen LogP contribution in [0.2, 0.25) is 5.02 Å². The van der Waals surface area contributed by atoms with E-state index in [4.69, 9.17) is 21.1 Å². The van der Waals surface area contributed by atoms with Gasteiger partial charge in [-0.15, -0.1) is 0 Å². The molecule has 20 heavy (non-hydrogen) atoms. The standard InChI is InChI=1S/C15H12ClFO3/c1-10(19-14-5-3-2-4-13(14)17)15(18)20-12-8-6-11(16)7-9-12/h2-10H,1H3/t10-/m1/s1. The fraction of sp³-hybridized carbons (Fsp3) is 0.133. The largest absolute Gasteiger partial charge is 0.476 e. The van der Waals surface area contributed by atoms with Gasteiger partial charge in [0.25, 0.3) is 0 Å². The van der Waals surface area contributed by atoms with Crippen LogP contribution in [0.1, 0.15) is 6.92 Å². The van der Waals surface area contributed by atoms with E-state index >= 15 is 0 Å². The summed E-state index contributed by atoms with van der Waals surface area (Å²) in [6.45, 7) is 1.49. The molecule has 0 aliphatic rings. The van der Waals surface area contributed by atoms with Crippen LogP contribution < -0.4 is 9.47 Å². The van der Waals surface area contributed by atoms with E-state index in [0.29, 0.717) is 10.8 Å². The molecule has 104 valence electrons. The molecule has 5 heteroatoms. The van der Waals surface area contributed by atoms with Crippen molar-refractivity contribution in [2.24, 2.45) is 0 Å². The van der Waals surface area contributed by atoms with Crippen molar-refractivity contribution in [2.45, 2.75) is 13.0 Å². The number of ether oxygens (including phenoxy) is 2. The molecule has 0 aliphatic carbocycles. The van der Waals surface area contributed by atoms with Crippen molar-refractivity contribution in [1.82, 2.24) is 0 Å². The molecule has 2 rings (SSSR count). The predicted octanol–water partition coefficient (Wildman–Crippen LogP) is 3.85. The molecule has 0 radical (unpaired) electrons. The monoisotopic (exact) mass is 294 g/mol. The first kappa shape index (κ1) is 14.3. The van der Waals surface area contributed by atoms with E-state index in [1.165, 1.54) is 19.1 Å². The number of hydrogen-bond donors (Lipinski definition) is 0. The van der Waals surface area contributed by atoms with E-state index in [1.807, 2.05) is 0 Å². The first-order valence-electron chi connectivity index (χ1n) is 5.94. The summed E-state index contributed by atoms with van der Waals surface area (Å²) >= 11 is 5.73. The van der Waals surface area contributed by atoms with Gasteiger partial charge in [0, 0.05) is 5.02 Å². The molecule has 0 amide bonds. The summed E-state index contributed by atoms with van der Waals surface area (Å²) < 4.78 is 23.7. The third-order valence-corrected chi connectivity index (χ3v) is 2.76. The molecule has 0 saturated heterocycles. The highest BCUT2D eigenvalue weighted by Crippen LogP contribution is 2.19. The zero-order valence-corrected chi connectivity index (χ0v) is 11.4. The molecule has 0 bridgehead atoms. The van der Waals surface area contributed by atoms with Crippen LogP contribution in [-0.4, -0.2) is 12.1 Å². The minimum absolute atomic E-state index is 0.00746. The normalized spacial score (nSPS) is 11.8. The van der Waals surface area contributed by atoms with Crippen molar-refractivity contribution in [2.75, 3.05) is 0 Å². The van der Waals surface area contributed by atoms with E-state index in [1.54, 1.807) is 36.4 Å². The Labute approximate surface area is 120 Å². The summed E-state index contributed by atoms with van der Waals surface area (Å²) in [5, 5.41) is 0.542. The summed E-state index contributed by atoms with van der Waals surface area (Å²) in [6, 6.07) is 12.2. The molecule has 0 aromatic heterocycles. The maximum Gasteiger partial charge on any atom is 0.352 e. The Morgan fingerprint density at radius 2 is 1.80 bits per heavy atom. The first-order chi connectivity index (χ1) is 9.56. The van der Waals surface area contributed by atoms with Gasteiger partial charge in [0.05, 0.1) is 0 Å². The Bertz CT molecular complexity index is 598. The molecular formula is C15H12ClFO3. The third kappa shape index (κ3) is 3.71. The lowest BCUT2D eigenvalue weighted by Gasteiger charge is -2.14. The van der Waals surface area contributed by atoms with Crippen molar-refractivity contribution < 1.29 is 18.7 Å². The maximum absolute atomic E-state index is 13.4. The highest BCUT2D eigenvalue weighted by molar-refractivity contribution is 6.30. The molecule has 0 aliphatic heterocycles. The first-order valence-corrected chi connectivity index (χ1v) is 6.32. The minimum Gasteiger partial charge on any atom is -0.476 e. The molecule has 0 saturated carbocycles. The summed E-state index contributed by atoms with van der Waals surface area (Å²) in [5.74, 6) is -0.786. The van der Waals surface area contributed by atoms with Crippen LogP contribution in [0.15, 0.2) is 48.5 Å². The number of carbonyl (C=O) groups is 1. The van der Waals surface area contributed by atoms with Crippen LogP contribution in [0, 0.1) is 5.82 Å². The van der Waals surface area contributed by atoms with Crippen molar-refractivity contribution >= 4 is 17.6 Å². The lowest BCUT2D eigenvalue weighted by molar-refractivity contribution is -0.141. The molecule has 0 unspecified atom stereocenters. The van der Waals surface area contributed by atoms with Gasteiger partial charge in [-0.05, 0) is 43.3 Å². The van der Waals surface area contributed by atoms with Gasteiger partial charge < -0.3 is 9.47 Å². The molecule has 2 aromatic rings. The fourth-order valence-electron chi connectivity index (χ4n) is 1.48. The third-order valence-electron chi connectivity index (χ3n) is 2.50. The topological polar surface area (TPSA) is 35.5 Å². The summed E-state index contributed by atoms with van der Waals surface area (Å²) in [4.78, 5) is 11.8. The van der Waals surface area contributed by atoms with Gasteiger partial charge >= 0.3 is 5.97 Å². The van der Waals surface area contributed by atoms with Crippen LogP contribution in [0.5, 0.6) is 11.5 Å². The Morgan fingerprint density at radius 3 is 2.45 bits per heavy atom. The highest BCUT2D eigenvalue weighted by atomic mass is 35.5. The van der Waals surface area contributed by atoms with Crippen LogP contribution in [0.4, 0.5) is 4.39 Å². The quantitative estimate of drug-likeness (QED) is 0.634. The van der Waals surface area contributed by atoms with Gasteiger partial charge in [0.2, 0.25) is 0 Å². The second-order valence-corrected chi connectivity index (χ2v) is 4.50. The number of esters is 1. The Hall–Kier alpha value is -2.07. The minimum atomic E-state index is -0.928. The summed E-state index contributed by atoms with van der Waals surface area (Å²) in [6.07, 6.45) is -0.928. The van der Waals surface area contributed by atoms with E-state index in [0.717, 1.165) is 0 Å². The Balaban J connectivity index is 1.99. The molecule has 0 N–H and O–H groups in total. The van der Waals surface area contributed by atoms with Gasteiger partial charge in [-0.1, -0.05) is 23.7 Å². The van der Waals surface area contributed by atoms with Crippen LogP contribution >= 0.6 is 11.6 Å². The molecule has 3 nitrogen and oxygen atoms in total. The number of para-hydroxylation sites is 1. The number of rotatable bonds is 4. The molecule has 2 aromatic carbocycles. The zero-order valence-electron chi connectivity index (χ0n) is 10.7. The second kappa shape index (κ2) is 6.39. The molecular weight excluding hydrogens is 283 g/mol. The van der Waals surface area contributed by atoms with E-state index < -0.39 is 17.9 Å². The van der Waals surface area contributed by atoms with E-state index in [2.05, 4.69) is 0 Å². The molecule has 0 spiro atoms. The van der Waals surface area contributed by atoms with Gasteiger partial charge in [0.15, 0.2) is 17.7 Å². The second-order valence-electron chi connectivity index (χ2n) is 4.07. The summed E-state index contributed by atoms with van der Waals surface area (Å²) in [7, 11) is 0. The smallest absolute Gasteiger partial charge is 0.352 e. The number of halogens is 2. The lowest BCUT2D eigenvalue weighted by Crippen LogP contribution is -2.28. The SMILES string of the molecule is C[C@@H](Oc1ccccc1F)C(=O)Oc1ccc(Cl)cc1. The highest BCUT2D eigenvalue weighted by Gasteiger charge is 2.18. The average Bonchev–Trinajstić information content (AvgIpc) is 2.44. The number of hydrogen-bond acceptors (Lipinski definition) is 3. The van der Waals surface area contributed by atoms with Gasteiger partial charge in [-0.3, -0.25) is 0 Å². The number of benzene rings is 2. The Morgan fingerprint density at radius 1 is 1.15 bits per heavy atom. The van der Waals surface area contributed by atoms with Crippen molar-refractivity contribution in [3.05, 3.63) is 59.4 Å². The predicted molar refractivity (Wildman–Crippen MR) is 73.6 cm³/mol. The van der Waals surface area contributed by atoms with Crippen LogP contribution in [0.25, 0.3) is 0 Å². The average molecular weight is 295 g/mol. The van der Waals surface area contributed by atoms with E-state index in [-0.39, 0.29) is 5.75 Å². The number of carbonyl (C=O) groups excluding carboxylic acids is 1. The van der Waals surface area contributed by atoms with Crippen LogP contribution in [0.3, 0.4) is 0 Å². The maximum atomic E-state index is 13.4. The van der Waals surface area contributed by atoms with Crippen LogP contribution in [-0.2, 0) is 4.79 Å². The van der Waals surface area contributed by atoms with Crippen molar-refractivity contribution in [3.63, 3.8) is 0 Å². The van der Waals surface area contributed by atoms with Crippen molar-refractivity contribution in [3.8, 4) is 11.5 Å². The zero-order chi connectivity index (χ0) is 14.5. The Kier molecular flexibility index (Phi) is 4.58. The van der Waals surface area contributed by atoms with Gasteiger partial charge in [-0.2, -0.15) is 0 Å². The summed E-state index contributed by atoms with van der Waals surface area (Å²) in [5.41, 5.74) is 0. The van der Waals surface area contributed by atoms with Gasteiger partial charge in [0.1, 0.15) is 5.75 Å².